The molecule has 1 N–H and O–H groups in total. The van der Waals surface area contributed by atoms with Crippen molar-refractivity contribution in [2.75, 3.05) is 5.32 Å². The number of nitrogens with one attached hydrogen (secondary N) is 1. The van der Waals surface area contributed by atoms with Gasteiger partial charge in [0.15, 0.2) is 0 Å². The monoisotopic (exact) mass is 417 g/mol. The van der Waals surface area contributed by atoms with Crippen LogP contribution >= 0.6 is 15.9 Å². The smallest absolute Gasteiger partial charge is 0.228 e. The van der Waals surface area contributed by atoms with Gasteiger partial charge in [0.05, 0.1) is 11.6 Å². The van der Waals surface area contributed by atoms with E-state index in [9.17, 15) is 4.79 Å². The van der Waals surface area contributed by atoms with Crippen LogP contribution in [0.2, 0.25) is 0 Å². The first kappa shape index (κ1) is 16.8. The lowest BCUT2D eigenvalue weighted by Gasteiger charge is -2.49. The molecule has 0 saturated heterocycles. The summed E-state index contributed by atoms with van der Waals surface area (Å²) < 4.78 is 0.910. The fourth-order valence-electron chi connectivity index (χ4n) is 5.12. The molecule has 3 heteroatoms. The molecule has 2 unspecified atom stereocenters. The van der Waals surface area contributed by atoms with Gasteiger partial charge in [0.2, 0.25) is 5.91 Å². The number of carbonyl (C=O) groups excluding carboxylic acids is 1. The van der Waals surface area contributed by atoms with Gasteiger partial charge in [-0.25, -0.2) is 0 Å². The van der Waals surface area contributed by atoms with E-state index in [1.807, 2.05) is 24.3 Å². The second-order valence-corrected chi connectivity index (χ2v) is 8.42. The van der Waals surface area contributed by atoms with E-state index in [4.69, 9.17) is 0 Å². The average Bonchev–Trinajstić information content (AvgIpc) is 2.69. The lowest BCUT2D eigenvalue weighted by atomic mass is 9.54. The van der Waals surface area contributed by atoms with Crippen molar-refractivity contribution < 1.29 is 4.79 Å². The molecule has 2 bridgehead atoms. The van der Waals surface area contributed by atoms with E-state index in [0.717, 1.165) is 10.2 Å². The number of para-hydroxylation sites is 1. The van der Waals surface area contributed by atoms with Gasteiger partial charge in [-0.1, -0.05) is 67.6 Å². The Morgan fingerprint density at radius 3 is 1.81 bits per heavy atom. The molecule has 27 heavy (non-hydrogen) atoms. The zero-order chi connectivity index (χ0) is 18.5. The van der Waals surface area contributed by atoms with Gasteiger partial charge in [0.1, 0.15) is 0 Å². The zero-order valence-corrected chi connectivity index (χ0v) is 16.6. The average molecular weight is 418 g/mol. The molecule has 6 rings (SSSR count). The van der Waals surface area contributed by atoms with Crippen molar-refractivity contribution in [3.05, 3.63) is 99.5 Å². The van der Waals surface area contributed by atoms with Gasteiger partial charge in [-0.3, -0.25) is 4.79 Å². The molecule has 0 radical (unpaired) electrons. The maximum Gasteiger partial charge on any atom is 0.228 e. The number of anilines is 1. The standard InChI is InChI=1S/C24H20BrNO/c1-14-21-15-8-2-4-10-17(15)23(18-11-5-3-9-16(18)21)22(14)24(27)26-20-13-7-6-12-19(20)25/h2-14,21-23H,1H3,(H,26,27). The number of halogens is 1. The molecule has 3 aliphatic rings. The molecule has 134 valence electrons. The Bertz CT molecular complexity index is 996. The number of amides is 1. The number of carbonyl (C=O) groups is 1. The molecule has 2 nitrogen and oxygen atoms in total. The molecule has 1 amide bonds. The highest BCUT2D eigenvalue weighted by atomic mass is 79.9. The third-order valence-electron chi connectivity index (χ3n) is 6.22. The molecular weight excluding hydrogens is 398 g/mol. The van der Waals surface area contributed by atoms with Gasteiger partial charge < -0.3 is 5.32 Å². The lowest BCUT2D eigenvalue weighted by molar-refractivity contribution is -0.122. The number of hydrogen-bond acceptors (Lipinski definition) is 1. The molecule has 3 aromatic rings. The van der Waals surface area contributed by atoms with Crippen LogP contribution in [0.15, 0.2) is 77.3 Å². The first-order chi connectivity index (χ1) is 13.2. The number of benzene rings is 3. The summed E-state index contributed by atoms with van der Waals surface area (Å²) in [5.74, 6) is 0.667. The second-order valence-electron chi connectivity index (χ2n) is 7.57. The third kappa shape index (κ3) is 2.49. The second kappa shape index (κ2) is 6.35. The Morgan fingerprint density at radius 2 is 1.26 bits per heavy atom. The minimum absolute atomic E-state index is 0.0769. The normalized spacial score (nSPS) is 24.8. The van der Waals surface area contributed by atoms with Crippen molar-refractivity contribution >= 4 is 27.5 Å². The number of fused-ring (bicyclic) bond motifs is 1. The fourth-order valence-corrected chi connectivity index (χ4v) is 5.51. The molecule has 3 aromatic carbocycles. The van der Waals surface area contributed by atoms with Gasteiger partial charge in [0.25, 0.3) is 0 Å². The summed E-state index contributed by atoms with van der Waals surface area (Å²) in [7, 11) is 0. The van der Waals surface area contributed by atoms with E-state index in [1.165, 1.54) is 22.3 Å². The summed E-state index contributed by atoms with van der Waals surface area (Å²) in [6.07, 6.45) is 0. The molecule has 3 aliphatic carbocycles. The van der Waals surface area contributed by atoms with E-state index in [-0.39, 0.29) is 29.6 Å². The van der Waals surface area contributed by atoms with Crippen molar-refractivity contribution in [2.45, 2.75) is 18.8 Å². The third-order valence-corrected chi connectivity index (χ3v) is 6.91. The topological polar surface area (TPSA) is 29.1 Å². The first-order valence-electron chi connectivity index (χ1n) is 9.40. The van der Waals surface area contributed by atoms with Gasteiger partial charge in [-0.05, 0) is 56.2 Å². The predicted molar refractivity (Wildman–Crippen MR) is 112 cm³/mol. The Morgan fingerprint density at radius 1 is 0.778 bits per heavy atom. The summed E-state index contributed by atoms with van der Waals surface area (Å²) >= 11 is 3.54. The predicted octanol–water partition coefficient (Wildman–Crippen LogP) is 5.93. The van der Waals surface area contributed by atoms with Crippen LogP contribution < -0.4 is 5.32 Å². The highest BCUT2D eigenvalue weighted by Crippen LogP contribution is 2.58. The molecule has 0 saturated carbocycles. The highest BCUT2D eigenvalue weighted by molar-refractivity contribution is 9.10. The van der Waals surface area contributed by atoms with Gasteiger partial charge >= 0.3 is 0 Å². The fraction of sp³-hybridized carbons (Fsp3) is 0.208. The summed E-state index contributed by atoms with van der Waals surface area (Å²) in [4.78, 5) is 13.4. The van der Waals surface area contributed by atoms with Crippen LogP contribution in [0.25, 0.3) is 0 Å². The Kier molecular flexibility index (Phi) is 3.94. The molecule has 2 atom stereocenters. The molecule has 0 heterocycles. The largest absolute Gasteiger partial charge is 0.325 e. The van der Waals surface area contributed by atoms with Crippen LogP contribution in [0, 0.1) is 11.8 Å². The van der Waals surface area contributed by atoms with Crippen LogP contribution in [0.3, 0.4) is 0 Å². The maximum atomic E-state index is 13.4. The number of hydrogen-bond donors (Lipinski definition) is 1. The zero-order valence-electron chi connectivity index (χ0n) is 15.0. The summed E-state index contributed by atoms with van der Waals surface area (Å²) in [6, 6.07) is 25.1. The Hall–Kier alpha value is -2.39. The van der Waals surface area contributed by atoms with Crippen LogP contribution in [0.1, 0.15) is 41.0 Å². The minimum Gasteiger partial charge on any atom is -0.325 e. The van der Waals surface area contributed by atoms with E-state index < -0.39 is 0 Å². The van der Waals surface area contributed by atoms with Gasteiger partial charge in [-0.15, -0.1) is 0 Å². The van der Waals surface area contributed by atoms with Crippen LogP contribution in [0.5, 0.6) is 0 Å². The van der Waals surface area contributed by atoms with E-state index in [0.29, 0.717) is 0 Å². The Labute approximate surface area is 167 Å². The Balaban J connectivity index is 1.61. The number of rotatable bonds is 2. The summed E-state index contributed by atoms with van der Waals surface area (Å²) in [5.41, 5.74) is 6.23. The molecule has 0 aliphatic heterocycles. The van der Waals surface area contributed by atoms with Gasteiger partial charge in [0, 0.05) is 16.3 Å². The van der Waals surface area contributed by atoms with Crippen molar-refractivity contribution in [3.63, 3.8) is 0 Å². The van der Waals surface area contributed by atoms with Crippen molar-refractivity contribution in [3.8, 4) is 0 Å². The van der Waals surface area contributed by atoms with Crippen LogP contribution in [-0.4, -0.2) is 5.91 Å². The van der Waals surface area contributed by atoms with E-state index in [1.54, 1.807) is 0 Å². The summed E-state index contributed by atoms with van der Waals surface area (Å²) in [5, 5.41) is 3.17. The van der Waals surface area contributed by atoms with E-state index in [2.05, 4.69) is 76.7 Å². The highest BCUT2D eigenvalue weighted by Gasteiger charge is 2.50. The minimum atomic E-state index is -0.0769. The van der Waals surface area contributed by atoms with Crippen molar-refractivity contribution in [2.24, 2.45) is 11.8 Å². The summed E-state index contributed by atoms with van der Waals surface area (Å²) in [6.45, 7) is 2.23. The van der Waals surface area contributed by atoms with Crippen molar-refractivity contribution in [1.29, 1.82) is 0 Å². The van der Waals surface area contributed by atoms with E-state index >= 15 is 0 Å². The van der Waals surface area contributed by atoms with Crippen LogP contribution in [0.4, 0.5) is 5.69 Å². The molecule has 0 spiro atoms. The SMILES string of the molecule is CC1C2c3ccccc3C(c3ccccc32)C1C(=O)Nc1ccccc1Br. The van der Waals surface area contributed by atoms with Crippen molar-refractivity contribution in [1.82, 2.24) is 0 Å². The quantitative estimate of drug-likeness (QED) is 0.549. The first-order valence-corrected chi connectivity index (χ1v) is 10.2. The molecule has 0 fully saturated rings. The lowest BCUT2D eigenvalue weighted by Crippen LogP contribution is -2.44. The van der Waals surface area contributed by atoms with Gasteiger partial charge in [-0.2, -0.15) is 0 Å². The molecule has 0 aromatic heterocycles. The molecular formula is C24H20BrNO. The van der Waals surface area contributed by atoms with Crippen LogP contribution in [-0.2, 0) is 4.79 Å². The maximum absolute atomic E-state index is 13.4.